The average Bonchev–Trinajstić information content (AvgIpc) is 2.72. The second kappa shape index (κ2) is 8.43. The van der Waals surface area contributed by atoms with Crippen molar-refractivity contribution in [2.75, 3.05) is 0 Å². The molecule has 3 heteroatoms. The number of hydrogen-bond donors (Lipinski definition) is 1. The smallest absolute Gasteiger partial charge is 0.248 e. The van der Waals surface area contributed by atoms with E-state index in [0.29, 0.717) is 5.92 Å². The van der Waals surface area contributed by atoms with Gasteiger partial charge < -0.3 is 4.98 Å². The van der Waals surface area contributed by atoms with Crippen LogP contribution in [0.5, 0.6) is 0 Å². The van der Waals surface area contributed by atoms with E-state index in [4.69, 9.17) is 4.99 Å². The highest BCUT2D eigenvalue weighted by Gasteiger charge is 2.46. The van der Waals surface area contributed by atoms with E-state index in [1.54, 1.807) is 6.07 Å². The highest BCUT2D eigenvalue weighted by atomic mass is 16.1. The zero-order valence-corrected chi connectivity index (χ0v) is 18.1. The van der Waals surface area contributed by atoms with Crippen LogP contribution in [0.1, 0.15) is 56.0 Å². The minimum absolute atomic E-state index is 0.0389. The molecular formula is C27H30N2O. The Morgan fingerprint density at radius 2 is 2.07 bits per heavy atom. The van der Waals surface area contributed by atoms with Crippen LogP contribution in [0.15, 0.2) is 75.6 Å². The van der Waals surface area contributed by atoms with Crippen molar-refractivity contribution in [3.63, 3.8) is 0 Å². The van der Waals surface area contributed by atoms with Crippen molar-refractivity contribution in [1.29, 1.82) is 0 Å². The van der Waals surface area contributed by atoms with E-state index in [1.807, 2.05) is 12.3 Å². The van der Waals surface area contributed by atoms with Crippen LogP contribution in [-0.2, 0) is 18.4 Å². The maximum absolute atomic E-state index is 11.9. The van der Waals surface area contributed by atoms with Crippen LogP contribution in [0.4, 0.5) is 0 Å². The fourth-order valence-electron chi connectivity index (χ4n) is 5.16. The lowest BCUT2D eigenvalue weighted by Crippen LogP contribution is -2.40. The summed E-state index contributed by atoms with van der Waals surface area (Å²) in [5.41, 5.74) is 7.01. The van der Waals surface area contributed by atoms with Gasteiger partial charge in [-0.3, -0.25) is 9.79 Å². The summed E-state index contributed by atoms with van der Waals surface area (Å²) in [5.74, 6) is 0.292. The van der Waals surface area contributed by atoms with Crippen molar-refractivity contribution >= 4 is 12.3 Å². The van der Waals surface area contributed by atoms with Gasteiger partial charge in [-0.1, -0.05) is 61.4 Å². The highest BCUT2D eigenvalue weighted by molar-refractivity contribution is 5.80. The topological polar surface area (TPSA) is 45.2 Å². The normalized spacial score (nSPS) is 24.4. The minimum Gasteiger partial charge on any atom is -0.326 e. The molecular weight excluding hydrogens is 368 g/mol. The number of aliphatic imine (C=N–C) groups is 1. The van der Waals surface area contributed by atoms with Gasteiger partial charge in [0.25, 0.3) is 0 Å². The molecule has 1 N–H and O–H groups in total. The Kier molecular flexibility index (Phi) is 5.72. The van der Waals surface area contributed by atoms with Crippen LogP contribution >= 0.6 is 0 Å². The first-order valence-corrected chi connectivity index (χ1v) is 10.9. The SMILES string of the molecule is C/C=C1\C2C=C(C)CC1(N=C/C=C/c1ccccc1CCC)c1ccc(=O)[nH]c1C2. The molecule has 0 aliphatic heterocycles. The van der Waals surface area contributed by atoms with E-state index < -0.39 is 5.54 Å². The van der Waals surface area contributed by atoms with Crippen LogP contribution in [-0.4, -0.2) is 11.2 Å². The van der Waals surface area contributed by atoms with Crippen molar-refractivity contribution < 1.29 is 0 Å². The third-order valence-electron chi connectivity index (χ3n) is 6.31. The molecule has 2 aliphatic carbocycles. The zero-order chi connectivity index (χ0) is 21.1. The molecule has 30 heavy (non-hydrogen) atoms. The van der Waals surface area contributed by atoms with Gasteiger partial charge in [0, 0.05) is 35.9 Å². The number of fused-ring (bicyclic) bond motifs is 4. The van der Waals surface area contributed by atoms with E-state index in [9.17, 15) is 4.79 Å². The van der Waals surface area contributed by atoms with E-state index in [1.165, 1.54) is 22.3 Å². The number of nitrogens with one attached hydrogen (secondary N) is 1. The Morgan fingerprint density at radius 3 is 2.87 bits per heavy atom. The molecule has 2 atom stereocenters. The lowest BCUT2D eigenvalue weighted by molar-refractivity contribution is 0.413. The predicted molar refractivity (Wildman–Crippen MR) is 126 cm³/mol. The first-order valence-electron chi connectivity index (χ1n) is 10.9. The van der Waals surface area contributed by atoms with Crippen molar-refractivity contribution in [3.8, 4) is 0 Å². The summed E-state index contributed by atoms with van der Waals surface area (Å²) in [6.07, 6.45) is 14.6. The maximum atomic E-state index is 11.9. The monoisotopic (exact) mass is 398 g/mol. The lowest BCUT2D eigenvalue weighted by Gasteiger charge is -2.45. The number of rotatable bonds is 5. The zero-order valence-electron chi connectivity index (χ0n) is 18.1. The third-order valence-corrected chi connectivity index (χ3v) is 6.31. The molecule has 2 unspecified atom stereocenters. The number of pyridine rings is 1. The Hall–Kier alpha value is -2.94. The summed E-state index contributed by atoms with van der Waals surface area (Å²) in [5, 5.41) is 0. The van der Waals surface area contributed by atoms with Crippen molar-refractivity contribution in [2.45, 2.75) is 52.0 Å². The molecule has 1 heterocycles. The van der Waals surface area contributed by atoms with Crippen LogP contribution in [0, 0.1) is 5.92 Å². The van der Waals surface area contributed by atoms with E-state index in [-0.39, 0.29) is 5.56 Å². The van der Waals surface area contributed by atoms with E-state index >= 15 is 0 Å². The summed E-state index contributed by atoms with van der Waals surface area (Å²) in [7, 11) is 0. The molecule has 0 saturated carbocycles. The fourth-order valence-corrected chi connectivity index (χ4v) is 5.16. The third kappa shape index (κ3) is 3.65. The molecule has 2 bridgehead atoms. The van der Waals surface area contributed by atoms with Crippen LogP contribution in [0.2, 0.25) is 0 Å². The number of aryl methyl sites for hydroxylation is 1. The standard InChI is InChI=1S/C27H30N2O/c1-4-9-20-10-6-7-11-21(20)12-8-15-28-27-18-19(3)16-22(23(27)5-2)17-25-24(27)13-14-26(30)29-25/h5-8,10-16,22H,4,9,17-18H2,1-3H3,(H,29,30)/b12-8+,23-5+,28-15?. The number of benzene rings is 1. The second-order valence-electron chi connectivity index (χ2n) is 8.41. The largest absolute Gasteiger partial charge is 0.326 e. The fraction of sp³-hybridized carbons (Fsp3) is 0.333. The minimum atomic E-state index is -0.427. The first-order chi connectivity index (χ1) is 14.6. The molecule has 0 radical (unpaired) electrons. The van der Waals surface area contributed by atoms with E-state index in [0.717, 1.165) is 36.9 Å². The number of nitrogens with zero attached hydrogens (tertiary/aromatic N) is 1. The summed E-state index contributed by atoms with van der Waals surface area (Å²) in [4.78, 5) is 20.2. The van der Waals surface area contributed by atoms with Gasteiger partial charge in [0.2, 0.25) is 5.56 Å². The molecule has 2 aromatic rings. The van der Waals surface area contributed by atoms with Gasteiger partial charge in [0.1, 0.15) is 5.54 Å². The highest BCUT2D eigenvalue weighted by Crippen LogP contribution is 2.51. The van der Waals surface area contributed by atoms with Crippen LogP contribution < -0.4 is 5.56 Å². The molecule has 1 aromatic heterocycles. The molecule has 0 amide bonds. The molecule has 2 aliphatic rings. The number of aromatic nitrogens is 1. The van der Waals surface area contributed by atoms with Gasteiger partial charge >= 0.3 is 0 Å². The number of H-pyrrole nitrogens is 1. The molecule has 3 nitrogen and oxygen atoms in total. The summed E-state index contributed by atoms with van der Waals surface area (Å²) >= 11 is 0. The summed E-state index contributed by atoms with van der Waals surface area (Å²) in [6.45, 7) is 6.51. The van der Waals surface area contributed by atoms with Crippen molar-refractivity contribution in [3.05, 3.63) is 98.5 Å². The summed E-state index contributed by atoms with van der Waals surface area (Å²) < 4.78 is 0. The quantitative estimate of drug-likeness (QED) is 0.504. The molecule has 154 valence electrons. The van der Waals surface area contributed by atoms with Crippen molar-refractivity contribution in [1.82, 2.24) is 4.98 Å². The molecule has 0 spiro atoms. The summed E-state index contributed by atoms with van der Waals surface area (Å²) in [6, 6.07) is 12.2. The predicted octanol–water partition coefficient (Wildman–Crippen LogP) is 5.78. The van der Waals surface area contributed by atoms with Crippen LogP contribution in [0.25, 0.3) is 6.08 Å². The first kappa shape index (κ1) is 20.3. The second-order valence-corrected chi connectivity index (χ2v) is 8.41. The van der Waals surface area contributed by atoms with Gasteiger partial charge in [0.15, 0.2) is 0 Å². The van der Waals surface area contributed by atoms with Gasteiger partial charge in [-0.2, -0.15) is 0 Å². The number of hydrogen-bond acceptors (Lipinski definition) is 2. The number of allylic oxidation sites excluding steroid dienone is 3. The Labute approximate surface area is 179 Å². The Balaban J connectivity index is 1.74. The lowest BCUT2D eigenvalue weighted by atomic mass is 9.63. The van der Waals surface area contributed by atoms with Gasteiger partial charge in [-0.25, -0.2) is 0 Å². The maximum Gasteiger partial charge on any atom is 0.248 e. The Bertz CT molecular complexity index is 1120. The molecule has 4 rings (SSSR count). The average molecular weight is 399 g/mol. The molecule has 1 aromatic carbocycles. The number of aromatic amines is 1. The van der Waals surface area contributed by atoms with Crippen LogP contribution in [0.3, 0.4) is 0 Å². The van der Waals surface area contributed by atoms with Crippen molar-refractivity contribution in [2.24, 2.45) is 10.9 Å². The Morgan fingerprint density at radius 1 is 1.23 bits per heavy atom. The van der Waals surface area contributed by atoms with Gasteiger partial charge in [0.05, 0.1) is 0 Å². The van der Waals surface area contributed by atoms with Gasteiger partial charge in [-0.15, -0.1) is 0 Å². The van der Waals surface area contributed by atoms with Gasteiger partial charge in [-0.05, 0) is 55.5 Å². The van der Waals surface area contributed by atoms with E-state index in [2.05, 4.69) is 74.3 Å². The molecule has 0 fully saturated rings. The molecule has 0 saturated heterocycles.